The third kappa shape index (κ3) is 6.28. The number of carbonyl (C=O) groups is 2. The van der Waals surface area contributed by atoms with E-state index in [1.165, 1.54) is 4.90 Å². The lowest BCUT2D eigenvalue weighted by Gasteiger charge is -2.15. The van der Waals surface area contributed by atoms with Crippen LogP contribution in [0.1, 0.15) is 30.4 Å². The van der Waals surface area contributed by atoms with Gasteiger partial charge in [0.1, 0.15) is 5.82 Å². The molecule has 0 saturated carbocycles. The maximum absolute atomic E-state index is 12.6. The normalized spacial score (nSPS) is 12.7. The van der Waals surface area contributed by atoms with E-state index >= 15 is 0 Å². The van der Waals surface area contributed by atoms with Crippen molar-refractivity contribution in [3.63, 3.8) is 0 Å². The van der Waals surface area contributed by atoms with Crippen LogP contribution in [0.5, 0.6) is 0 Å². The number of hydrogen-bond acceptors (Lipinski definition) is 5. The van der Waals surface area contributed by atoms with Crippen LogP contribution in [-0.4, -0.2) is 46.5 Å². The Morgan fingerprint density at radius 1 is 1.03 bits per heavy atom. The molecule has 1 aromatic heterocycles. The van der Waals surface area contributed by atoms with Gasteiger partial charge in [0.05, 0.1) is 13.0 Å². The monoisotopic (exact) mass is 406 g/mol. The van der Waals surface area contributed by atoms with Crippen LogP contribution in [0, 0.1) is 0 Å². The molecule has 0 radical (unpaired) electrons. The van der Waals surface area contributed by atoms with Crippen molar-refractivity contribution in [1.29, 1.82) is 0 Å². The molecule has 3 rings (SSSR count). The fourth-order valence-electron chi connectivity index (χ4n) is 3.18. The minimum atomic E-state index is -0.928. The molecule has 1 aliphatic heterocycles. The van der Waals surface area contributed by atoms with Crippen LogP contribution in [0.2, 0.25) is 0 Å². The highest BCUT2D eigenvalue weighted by molar-refractivity contribution is 5.90. The number of rotatable bonds is 10. The molecule has 1 amide bonds. The zero-order chi connectivity index (χ0) is 21.2. The van der Waals surface area contributed by atoms with Crippen LogP contribution in [-0.2, 0) is 9.59 Å². The lowest BCUT2D eigenvalue weighted by atomic mass is 9.98. The lowest BCUT2D eigenvalue weighted by molar-refractivity contribution is -0.135. The summed E-state index contributed by atoms with van der Waals surface area (Å²) in [6.07, 6.45) is 8.64. The standard InChI is InChI=1S/C23H26N4O3/c28-22(16-24-11-5-6-13-26-21-9-3-4-12-25-21)27-14-10-18-7-1-2-8-20(18)19(17-27)15-23(29)30/h1-4,7-10,12,14,17,24H,5-6,11,13,15-16H2,(H,25,26)(H,29,30). The van der Waals surface area contributed by atoms with Crippen molar-refractivity contribution in [2.45, 2.75) is 19.3 Å². The number of pyridine rings is 1. The fourth-order valence-corrected chi connectivity index (χ4v) is 3.18. The van der Waals surface area contributed by atoms with Gasteiger partial charge in [0, 0.05) is 25.1 Å². The molecular formula is C23H26N4O3. The largest absolute Gasteiger partial charge is 0.481 e. The van der Waals surface area contributed by atoms with Gasteiger partial charge in [0.25, 0.3) is 0 Å². The molecule has 0 bridgehead atoms. The Balaban J connectivity index is 1.46. The molecule has 1 aromatic carbocycles. The van der Waals surface area contributed by atoms with Crippen molar-refractivity contribution in [3.05, 3.63) is 72.2 Å². The summed E-state index contributed by atoms with van der Waals surface area (Å²) in [6, 6.07) is 13.3. The fraction of sp³-hybridized carbons (Fsp3) is 0.261. The molecular weight excluding hydrogens is 380 g/mol. The zero-order valence-corrected chi connectivity index (χ0v) is 16.8. The maximum Gasteiger partial charge on any atom is 0.307 e. The quantitative estimate of drug-likeness (QED) is 0.525. The Kier molecular flexibility index (Phi) is 7.74. The maximum atomic E-state index is 12.6. The molecule has 0 fully saturated rings. The summed E-state index contributed by atoms with van der Waals surface area (Å²) in [6.45, 7) is 1.73. The lowest BCUT2D eigenvalue weighted by Crippen LogP contribution is -2.32. The van der Waals surface area contributed by atoms with Crippen molar-refractivity contribution in [1.82, 2.24) is 15.2 Å². The summed E-state index contributed by atoms with van der Waals surface area (Å²) in [5, 5.41) is 15.7. The summed E-state index contributed by atoms with van der Waals surface area (Å²) in [4.78, 5) is 29.5. The summed E-state index contributed by atoms with van der Waals surface area (Å²) in [7, 11) is 0. The molecule has 156 valence electrons. The highest BCUT2D eigenvalue weighted by Crippen LogP contribution is 2.27. The smallest absolute Gasteiger partial charge is 0.307 e. The predicted molar refractivity (Wildman–Crippen MR) is 117 cm³/mol. The van der Waals surface area contributed by atoms with Gasteiger partial charge in [-0.1, -0.05) is 30.3 Å². The zero-order valence-electron chi connectivity index (χ0n) is 16.8. The first kappa shape index (κ1) is 21.3. The van der Waals surface area contributed by atoms with Crippen LogP contribution in [0.3, 0.4) is 0 Å². The van der Waals surface area contributed by atoms with Crippen LogP contribution in [0.25, 0.3) is 11.6 Å². The summed E-state index contributed by atoms with van der Waals surface area (Å²) in [5.74, 6) is -0.199. The Labute approximate surface area is 176 Å². The molecule has 0 unspecified atom stereocenters. The van der Waals surface area contributed by atoms with Crippen LogP contribution in [0.15, 0.2) is 61.1 Å². The number of aliphatic carboxylic acids is 1. The molecule has 1 aliphatic rings. The molecule has 30 heavy (non-hydrogen) atoms. The third-order valence-corrected chi connectivity index (χ3v) is 4.67. The van der Waals surface area contributed by atoms with Gasteiger partial charge < -0.3 is 15.7 Å². The number of nitrogens with one attached hydrogen (secondary N) is 2. The first-order valence-electron chi connectivity index (χ1n) is 10.0. The van der Waals surface area contributed by atoms with E-state index in [1.54, 1.807) is 18.6 Å². The number of hydrogen-bond donors (Lipinski definition) is 3. The third-order valence-electron chi connectivity index (χ3n) is 4.67. The van der Waals surface area contributed by atoms with Crippen molar-refractivity contribution in [2.75, 3.05) is 25.0 Å². The van der Waals surface area contributed by atoms with Crippen molar-refractivity contribution >= 4 is 29.3 Å². The van der Waals surface area contributed by atoms with E-state index in [0.717, 1.165) is 42.9 Å². The van der Waals surface area contributed by atoms with Gasteiger partial charge in [-0.25, -0.2) is 4.98 Å². The minimum Gasteiger partial charge on any atom is -0.481 e. The number of amides is 1. The molecule has 0 saturated heterocycles. The van der Waals surface area contributed by atoms with Gasteiger partial charge in [0.15, 0.2) is 0 Å². The average Bonchev–Trinajstić information content (AvgIpc) is 2.93. The second-order valence-electron chi connectivity index (χ2n) is 6.95. The van der Waals surface area contributed by atoms with E-state index < -0.39 is 5.97 Å². The highest BCUT2D eigenvalue weighted by Gasteiger charge is 2.17. The van der Waals surface area contributed by atoms with Crippen LogP contribution < -0.4 is 10.6 Å². The van der Waals surface area contributed by atoms with Gasteiger partial charge in [-0.05, 0) is 54.3 Å². The molecule has 0 aliphatic carbocycles. The van der Waals surface area contributed by atoms with E-state index in [2.05, 4.69) is 15.6 Å². The number of carboxylic acids is 1. The van der Waals surface area contributed by atoms with Crippen molar-refractivity contribution in [3.8, 4) is 0 Å². The van der Waals surface area contributed by atoms with E-state index in [0.29, 0.717) is 5.57 Å². The molecule has 7 nitrogen and oxygen atoms in total. The van der Waals surface area contributed by atoms with E-state index in [4.69, 9.17) is 0 Å². The Bertz CT molecular complexity index is 925. The molecule has 7 heteroatoms. The number of anilines is 1. The summed E-state index contributed by atoms with van der Waals surface area (Å²) in [5.41, 5.74) is 2.34. The summed E-state index contributed by atoms with van der Waals surface area (Å²) >= 11 is 0. The number of benzene rings is 1. The molecule has 2 heterocycles. The number of carbonyl (C=O) groups excluding carboxylic acids is 1. The number of carboxylic acid groups (broad SMARTS) is 1. The van der Waals surface area contributed by atoms with E-state index in [9.17, 15) is 14.7 Å². The highest BCUT2D eigenvalue weighted by atomic mass is 16.4. The van der Waals surface area contributed by atoms with Gasteiger partial charge in [-0.15, -0.1) is 0 Å². The SMILES string of the molecule is O=C(O)CC1=CN(C(=O)CNCCCCNc2ccccn2)C=Cc2ccccc21. The number of aromatic nitrogens is 1. The predicted octanol–water partition coefficient (Wildman–Crippen LogP) is 3.19. The van der Waals surface area contributed by atoms with Gasteiger partial charge in [-0.2, -0.15) is 0 Å². The first-order chi connectivity index (χ1) is 14.6. The Hall–Kier alpha value is -3.45. The van der Waals surface area contributed by atoms with Crippen molar-refractivity contribution < 1.29 is 14.7 Å². The topological polar surface area (TPSA) is 94.6 Å². The Morgan fingerprint density at radius 3 is 2.63 bits per heavy atom. The summed E-state index contributed by atoms with van der Waals surface area (Å²) < 4.78 is 0. The second-order valence-corrected chi connectivity index (χ2v) is 6.95. The van der Waals surface area contributed by atoms with Crippen LogP contribution >= 0.6 is 0 Å². The minimum absolute atomic E-state index is 0.131. The molecule has 3 N–H and O–H groups in total. The molecule has 2 aromatic rings. The number of nitrogens with zero attached hydrogens (tertiary/aromatic N) is 2. The Morgan fingerprint density at radius 2 is 1.83 bits per heavy atom. The molecule has 0 atom stereocenters. The van der Waals surface area contributed by atoms with Crippen molar-refractivity contribution in [2.24, 2.45) is 0 Å². The first-order valence-corrected chi connectivity index (χ1v) is 10.0. The van der Waals surface area contributed by atoms with Gasteiger partial charge >= 0.3 is 5.97 Å². The number of unbranched alkanes of at least 4 members (excludes halogenated alkanes) is 1. The van der Waals surface area contributed by atoms with E-state index in [-0.39, 0.29) is 18.9 Å². The number of fused-ring (bicyclic) bond motifs is 1. The van der Waals surface area contributed by atoms with Crippen LogP contribution in [0.4, 0.5) is 5.82 Å². The van der Waals surface area contributed by atoms with E-state index in [1.807, 2.05) is 48.5 Å². The average molecular weight is 406 g/mol. The molecule has 0 spiro atoms. The van der Waals surface area contributed by atoms with Gasteiger partial charge in [-0.3, -0.25) is 14.5 Å². The van der Waals surface area contributed by atoms with Gasteiger partial charge in [0.2, 0.25) is 5.91 Å². The second kappa shape index (κ2) is 10.9.